The van der Waals surface area contributed by atoms with E-state index in [-0.39, 0.29) is 0 Å². The lowest BCUT2D eigenvalue weighted by molar-refractivity contribution is 1.13. The molecule has 0 aliphatic heterocycles. The van der Waals surface area contributed by atoms with Gasteiger partial charge in [0.1, 0.15) is 5.65 Å². The van der Waals surface area contributed by atoms with Crippen LogP contribution in [0, 0.1) is 6.92 Å². The number of para-hydroxylation sites is 2. The maximum Gasteiger partial charge on any atom is 0.141 e. The summed E-state index contributed by atoms with van der Waals surface area (Å²) in [4.78, 5) is 4.61. The number of hydrogen-bond donors (Lipinski definition) is 0. The van der Waals surface area contributed by atoms with Crippen molar-refractivity contribution in [1.29, 1.82) is 0 Å². The SMILES string of the molecule is C=c1cc(C)c2nc3ccccc3n2c1=C. The molecule has 78 valence electrons. The van der Waals surface area contributed by atoms with Gasteiger partial charge in [0.05, 0.1) is 11.0 Å². The van der Waals surface area contributed by atoms with Crippen LogP contribution >= 0.6 is 0 Å². The molecule has 0 bridgehead atoms. The van der Waals surface area contributed by atoms with Crippen LogP contribution in [0.5, 0.6) is 0 Å². The predicted octanol–water partition coefficient (Wildman–Crippen LogP) is 1.62. The summed E-state index contributed by atoms with van der Waals surface area (Å²) >= 11 is 0. The van der Waals surface area contributed by atoms with Crippen molar-refractivity contribution in [2.45, 2.75) is 6.92 Å². The average Bonchev–Trinajstić information content (AvgIpc) is 2.66. The number of imidazole rings is 1. The first-order valence-corrected chi connectivity index (χ1v) is 5.23. The molecule has 0 amide bonds. The van der Waals surface area contributed by atoms with Crippen molar-refractivity contribution in [2.24, 2.45) is 0 Å². The number of hydrogen-bond acceptors (Lipinski definition) is 1. The Balaban J connectivity index is 2.77. The van der Waals surface area contributed by atoms with Crippen LogP contribution in [0.3, 0.4) is 0 Å². The molecule has 0 saturated heterocycles. The van der Waals surface area contributed by atoms with Gasteiger partial charge in [0.2, 0.25) is 0 Å². The zero-order valence-corrected chi connectivity index (χ0v) is 9.20. The van der Waals surface area contributed by atoms with Crippen molar-refractivity contribution >= 4 is 29.8 Å². The summed E-state index contributed by atoms with van der Waals surface area (Å²) in [5, 5.41) is 1.86. The van der Waals surface area contributed by atoms with Crippen molar-refractivity contribution in [3.05, 3.63) is 46.5 Å². The number of aryl methyl sites for hydroxylation is 1. The lowest BCUT2D eigenvalue weighted by Crippen LogP contribution is -2.29. The Hall–Kier alpha value is -2.09. The minimum atomic E-state index is 0.911. The molecule has 0 N–H and O–H groups in total. The molecular weight excluding hydrogens is 196 g/mol. The van der Waals surface area contributed by atoms with E-state index >= 15 is 0 Å². The van der Waals surface area contributed by atoms with Crippen molar-refractivity contribution in [3.8, 4) is 0 Å². The van der Waals surface area contributed by atoms with Gasteiger partial charge >= 0.3 is 0 Å². The largest absolute Gasteiger partial charge is 0.293 e. The first kappa shape index (κ1) is 9.16. The molecule has 2 nitrogen and oxygen atoms in total. The molecule has 0 aliphatic rings. The van der Waals surface area contributed by atoms with Crippen LogP contribution in [0.4, 0.5) is 0 Å². The molecule has 0 atom stereocenters. The third-order valence-corrected chi connectivity index (χ3v) is 2.94. The van der Waals surface area contributed by atoms with Gasteiger partial charge in [-0.3, -0.25) is 4.40 Å². The average molecular weight is 208 g/mol. The van der Waals surface area contributed by atoms with Gasteiger partial charge in [0.25, 0.3) is 0 Å². The number of fused-ring (bicyclic) bond motifs is 3. The first-order chi connectivity index (χ1) is 7.68. The summed E-state index contributed by atoms with van der Waals surface area (Å²) in [5.41, 5.74) is 4.20. The maximum absolute atomic E-state index is 4.61. The number of rotatable bonds is 0. The number of benzene rings is 1. The first-order valence-electron chi connectivity index (χ1n) is 5.23. The van der Waals surface area contributed by atoms with E-state index in [1.54, 1.807) is 0 Å². The Morgan fingerprint density at radius 1 is 1.19 bits per heavy atom. The summed E-state index contributed by atoms with van der Waals surface area (Å²) in [5.74, 6) is 0. The normalized spacial score (nSPS) is 11.3. The van der Waals surface area contributed by atoms with Gasteiger partial charge in [-0.1, -0.05) is 25.3 Å². The zero-order chi connectivity index (χ0) is 11.3. The second-order valence-electron chi connectivity index (χ2n) is 4.06. The molecule has 2 heterocycles. The predicted molar refractivity (Wildman–Crippen MR) is 67.7 cm³/mol. The summed E-state index contributed by atoms with van der Waals surface area (Å²) < 4.78 is 2.08. The van der Waals surface area contributed by atoms with E-state index in [2.05, 4.69) is 35.5 Å². The van der Waals surface area contributed by atoms with Gasteiger partial charge in [0.15, 0.2) is 0 Å². The fourth-order valence-electron chi connectivity index (χ4n) is 2.12. The minimum absolute atomic E-state index is 0.911. The van der Waals surface area contributed by atoms with E-state index in [9.17, 15) is 0 Å². The van der Waals surface area contributed by atoms with Gasteiger partial charge in [0, 0.05) is 5.35 Å². The number of nitrogens with zero attached hydrogens (tertiary/aromatic N) is 2. The smallest absolute Gasteiger partial charge is 0.141 e. The second kappa shape index (κ2) is 2.95. The highest BCUT2D eigenvalue weighted by Gasteiger charge is 2.06. The van der Waals surface area contributed by atoms with E-state index in [4.69, 9.17) is 0 Å². The zero-order valence-electron chi connectivity index (χ0n) is 9.20. The topological polar surface area (TPSA) is 17.3 Å². The number of pyridine rings is 1. The van der Waals surface area contributed by atoms with E-state index < -0.39 is 0 Å². The fourth-order valence-corrected chi connectivity index (χ4v) is 2.12. The molecule has 0 fully saturated rings. The van der Waals surface area contributed by atoms with Crippen molar-refractivity contribution < 1.29 is 0 Å². The molecule has 0 radical (unpaired) electrons. The van der Waals surface area contributed by atoms with E-state index in [0.29, 0.717) is 0 Å². The molecule has 0 unspecified atom stereocenters. The monoisotopic (exact) mass is 208 g/mol. The van der Waals surface area contributed by atoms with Crippen LogP contribution in [-0.4, -0.2) is 9.38 Å². The lowest BCUT2D eigenvalue weighted by Gasteiger charge is -2.00. The van der Waals surface area contributed by atoms with Crippen molar-refractivity contribution in [3.63, 3.8) is 0 Å². The molecule has 3 rings (SSSR count). The van der Waals surface area contributed by atoms with Crippen LogP contribution in [0.15, 0.2) is 30.3 Å². The molecule has 2 heteroatoms. The third-order valence-electron chi connectivity index (χ3n) is 2.94. The lowest BCUT2D eigenvalue weighted by atomic mass is 10.2. The Labute approximate surface area is 93.2 Å². The van der Waals surface area contributed by atoms with Gasteiger partial charge < -0.3 is 0 Å². The second-order valence-corrected chi connectivity index (χ2v) is 4.06. The summed E-state index contributed by atoms with van der Waals surface area (Å²) in [6.45, 7) is 10.1. The molecule has 0 saturated carbocycles. The van der Waals surface area contributed by atoms with E-state index in [1.807, 2.05) is 24.3 Å². The van der Waals surface area contributed by atoms with Crippen LogP contribution in [0.1, 0.15) is 5.56 Å². The van der Waals surface area contributed by atoms with E-state index in [0.717, 1.165) is 32.8 Å². The van der Waals surface area contributed by atoms with Crippen LogP contribution in [0.25, 0.3) is 29.8 Å². The fraction of sp³-hybridized carbons (Fsp3) is 0.0714. The van der Waals surface area contributed by atoms with Crippen LogP contribution in [0.2, 0.25) is 0 Å². The maximum atomic E-state index is 4.61. The van der Waals surface area contributed by atoms with Gasteiger partial charge in [-0.25, -0.2) is 4.98 Å². The van der Waals surface area contributed by atoms with Gasteiger partial charge in [-0.2, -0.15) is 0 Å². The highest BCUT2D eigenvalue weighted by atomic mass is 15.0. The molecule has 2 aromatic heterocycles. The molecule has 0 aliphatic carbocycles. The van der Waals surface area contributed by atoms with Gasteiger partial charge in [-0.05, 0) is 35.9 Å². The Morgan fingerprint density at radius 3 is 2.75 bits per heavy atom. The van der Waals surface area contributed by atoms with Crippen molar-refractivity contribution in [2.75, 3.05) is 0 Å². The number of aromatic nitrogens is 2. The van der Waals surface area contributed by atoms with Crippen LogP contribution in [-0.2, 0) is 0 Å². The Kier molecular flexibility index (Phi) is 1.69. The molecule has 16 heavy (non-hydrogen) atoms. The van der Waals surface area contributed by atoms with Gasteiger partial charge in [-0.15, -0.1) is 0 Å². The molecular formula is C14H12N2. The molecule has 3 aromatic rings. The van der Waals surface area contributed by atoms with E-state index in [1.165, 1.54) is 0 Å². The van der Waals surface area contributed by atoms with Crippen molar-refractivity contribution in [1.82, 2.24) is 9.38 Å². The highest BCUT2D eigenvalue weighted by molar-refractivity contribution is 5.81. The Morgan fingerprint density at radius 2 is 1.94 bits per heavy atom. The van der Waals surface area contributed by atoms with Crippen LogP contribution < -0.4 is 10.6 Å². The summed E-state index contributed by atoms with van der Waals surface area (Å²) in [7, 11) is 0. The molecule has 1 aromatic carbocycles. The summed E-state index contributed by atoms with van der Waals surface area (Å²) in [6.07, 6.45) is 0. The minimum Gasteiger partial charge on any atom is -0.293 e. The quantitative estimate of drug-likeness (QED) is 0.548. The third kappa shape index (κ3) is 1.04. The highest BCUT2D eigenvalue weighted by Crippen LogP contribution is 2.15. The molecule has 0 spiro atoms. The summed E-state index contributed by atoms with van der Waals surface area (Å²) in [6, 6.07) is 10.1. The standard InChI is InChI=1S/C14H12N2/c1-9-8-10(2)14-15-12-6-4-5-7-13(12)16(14)11(9)3/h4-8H,1,3H2,2H3. The Bertz CT molecular complexity index is 797.